The zero-order valence-corrected chi connectivity index (χ0v) is 24.7. The Morgan fingerprint density at radius 1 is 0.953 bits per heavy atom. The summed E-state index contributed by atoms with van der Waals surface area (Å²) >= 11 is 0. The van der Waals surface area contributed by atoms with Gasteiger partial charge < -0.3 is 10.2 Å². The number of aliphatic imine (C=N–C) groups is 1. The fourth-order valence-electron chi connectivity index (χ4n) is 6.33. The van der Waals surface area contributed by atoms with Gasteiger partial charge in [-0.05, 0) is 48.5 Å². The fourth-order valence-corrected chi connectivity index (χ4v) is 6.33. The zero-order chi connectivity index (χ0) is 29.5. The van der Waals surface area contributed by atoms with Gasteiger partial charge in [0.1, 0.15) is 5.82 Å². The molecule has 0 atom stereocenters. The molecule has 1 aromatic carbocycles. The van der Waals surface area contributed by atoms with E-state index >= 15 is 0 Å². The van der Waals surface area contributed by atoms with E-state index in [1.54, 1.807) is 6.92 Å². The van der Waals surface area contributed by atoms with Crippen LogP contribution in [-0.4, -0.2) is 59.5 Å². The molecule has 218 valence electrons. The average Bonchev–Trinajstić information content (AvgIpc) is 3.73. The van der Waals surface area contributed by atoms with Gasteiger partial charge in [0.15, 0.2) is 0 Å². The minimum atomic E-state index is 0.145. The summed E-state index contributed by atoms with van der Waals surface area (Å²) in [6, 6.07) is 8.94. The van der Waals surface area contributed by atoms with Gasteiger partial charge in [0.2, 0.25) is 5.91 Å². The number of fused-ring (bicyclic) bond motifs is 2. The third-order valence-electron chi connectivity index (χ3n) is 8.60. The van der Waals surface area contributed by atoms with Crippen molar-refractivity contribution in [2.75, 3.05) is 18.4 Å². The largest absolute Gasteiger partial charge is 0.343 e. The number of nitrogens with zero attached hydrogens (tertiary/aromatic N) is 8. The van der Waals surface area contributed by atoms with Crippen molar-refractivity contribution in [2.24, 2.45) is 19.1 Å². The summed E-state index contributed by atoms with van der Waals surface area (Å²) < 4.78 is 5.84. The minimum Gasteiger partial charge on any atom is -0.343 e. The van der Waals surface area contributed by atoms with Gasteiger partial charge in [-0.25, -0.2) is 4.99 Å². The molecule has 5 heterocycles. The number of hydrogen-bond acceptors (Lipinski definition) is 6. The molecule has 10 nitrogen and oxygen atoms in total. The van der Waals surface area contributed by atoms with Crippen LogP contribution in [-0.2, 0) is 25.3 Å². The number of allylic oxidation sites excluding steroid dienone is 5. The molecule has 1 fully saturated rings. The number of nitrogens with one attached hydrogen (secondary N) is 1. The molecule has 2 aliphatic heterocycles. The number of rotatable bonds is 5. The molecule has 1 aliphatic carbocycles. The van der Waals surface area contributed by atoms with Crippen molar-refractivity contribution in [1.82, 2.24) is 34.2 Å². The number of anilines is 1. The minimum absolute atomic E-state index is 0.145. The molecule has 0 radical (unpaired) electrons. The summed E-state index contributed by atoms with van der Waals surface area (Å²) in [6.07, 6.45) is 19.6. The van der Waals surface area contributed by atoms with Crippen molar-refractivity contribution in [2.45, 2.75) is 38.6 Å². The molecule has 10 heteroatoms. The van der Waals surface area contributed by atoms with Crippen LogP contribution in [0.4, 0.5) is 5.69 Å². The lowest BCUT2D eigenvalue weighted by molar-refractivity contribution is -0.130. The van der Waals surface area contributed by atoms with Crippen LogP contribution < -0.4 is 5.32 Å². The molecule has 43 heavy (non-hydrogen) atoms. The van der Waals surface area contributed by atoms with Crippen LogP contribution in [0.15, 0.2) is 83.7 Å². The third kappa shape index (κ3) is 5.24. The SMILES string of the molecule is CC(=O)N1CCC(n2cc(NC3=C/C=C/C4=C(C=N3)CCc3nn(C)c(-c5ccc(-c6cnn(C)c6)cc5)c34)cn2)CC1. The molecule has 1 saturated heterocycles. The summed E-state index contributed by atoms with van der Waals surface area (Å²) in [6.45, 7) is 3.19. The van der Waals surface area contributed by atoms with Crippen LogP contribution in [0.25, 0.3) is 28.0 Å². The van der Waals surface area contributed by atoms with Gasteiger partial charge in [-0.3, -0.25) is 18.8 Å². The second kappa shape index (κ2) is 11.0. The molecule has 4 aromatic rings. The molecular formula is C33H35N9O. The van der Waals surface area contributed by atoms with Gasteiger partial charge in [0, 0.05) is 69.4 Å². The molecule has 1 N–H and O–H groups in total. The van der Waals surface area contributed by atoms with Crippen molar-refractivity contribution < 1.29 is 4.79 Å². The summed E-state index contributed by atoms with van der Waals surface area (Å²) in [4.78, 5) is 18.4. The van der Waals surface area contributed by atoms with Gasteiger partial charge in [-0.15, -0.1) is 0 Å². The number of piperidine rings is 1. The van der Waals surface area contributed by atoms with Crippen LogP contribution in [0.1, 0.15) is 43.5 Å². The number of aryl methyl sites for hydroxylation is 3. The van der Waals surface area contributed by atoms with Crippen LogP contribution in [0.5, 0.6) is 0 Å². The summed E-state index contributed by atoms with van der Waals surface area (Å²) in [5, 5.41) is 17.3. The first-order valence-corrected chi connectivity index (χ1v) is 14.8. The first-order valence-electron chi connectivity index (χ1n) is 14.8. The lowest BCUT2D eigenvalue weighted by atomic mass is 9.86. The maximum atomic E-state index is 11.7. The Bertz CT molecular complexity index is 1800. The molecule has 0 saturated carbocycles. The number of aromatic nitrogens is 6. The van der Waals surface area contributed by atoms with E-state index in [0.29, 0.717) is 6.04 Å². The van der Waals surface area contributed by atoms with Crippen molar-refractivity contribution in [3.05, 3.63) is 89.9 Å². The predicted octanol–water partition coefficient (Wildman–Crippen LogP) is 5.16. The quantitative estimate of drug-likeness (QED) is 0.356. The Balaban J connectivity index is 1.10. The Morgan fingerprint density at radius 2 is 1.74 bits per heavy atom. The molecule has 0 unspecified atom stereocenters. The maximum Gasteiger partial charge on any atom is 0.219 e. The van der Waals surface area contributed by atoms with E-state index in [9.17, 15) is 4.79 Å². The molecule has 3 aromatic heterocycles. The monoisotopic (exact) mass is 573 g/mol. The van der Waals surface area contributed by atoms with E-state index in [0.717, 1.165) is 78.4 Å². The number of likely N-dealkylation sites (tertiary alicyclic amines) is 1. The highest BCUT2D eigenvalue weighted by Gasteiger charge is 2.26. The van der Waals surface area contributed by atoms with E-state index in [2.05, 4.69) is 51.9 Å². The number of benzene rings is 1. The average molecular weight is 574 g/mol. The number of amides is 1. The van der Waals surface area contributed by atoms with Crippen molar-refractivity contribution in [1.29, 1.82) is 0 Å². The number of carbonyl (C=O) groups excluding carboxylic acids is 1. The third-order valence-corrected chi connectivity index (χ3v) is 8.60. The molecular weight excluding hydrogens is 538 g/mol. The van der Waals surface area contributed by atoms with Gasteiger partial charge in [-0.2, -0.15) is 15.3 Å². The van der Waals surface area contributed by atoms with E-state index in [1.807, 2.05) is 70.1 Å². The van der Waals surface area contributed by atoms with Crippen LogP contribution in [0, 0.1) is 0 Å². The Hall–Kier alpha value is -4.99. The summed E-state index contributed by atoms with van der Waals surface area (Å²) in [5.41, 5.74) is 10.1. The van der Waals surface area contributed by atoms with Gasteiger partial charge in [-0.1, -0.05) is 36.4 Å². The summed E-state index contributed by atoms with van der Waals surface area (Å²) in [5.74, 6) is 0.906. The Morgan fingerprint density at radius 3 is 2.49 bits per heavy atom. The normalized spacial score (nSPS) is 17.7. The lowest BCUT2D eigenvalue weighted by Gasteiger charge is -2.31. The topological polar surface area (TPSA) is 98.2 Å². The first kappa shape index (κ1) is 26.9. The number of carbonyl (C=O) groups is 1. The molecule has 1 amide bonds. The highest BCUT2D eigenvalue weighted by Crippen LogP contribution is 2.39. The standard InChI is InChI=1S/C33H35N9O/c1-22(43)41-15-13-28(14-16-41)42-21-27(19-36-42)37-31-6-4-5-29-25(17-34-31)11-12-30-32(29)33(40(3)38-30)24-9-7-23(8-10-24)26-18-35-39(2)20-26/h4-10,17-21,28H,11-16H2,1-3H3,(H,34,37). The van der Waals surface area contributed by atoms with Crippen LogP contribution >= 0.6 is 0 Å². The van der Waals surface area contributed by atoms with Gasteiger partial charge >= 0.3 is 0 Å². The van der Waals surface area contributed by atoms with Crippen molar-refractivity contribution >= 4 is 23.4 Å². The Kier molecular flexibility index (Phi) is 6.89. The maximum absolute atomic E-state index is 11.7. The molecule has 0 bridgehead atoms. The van der Waals surface area contributed by atoms with E-state index in [1.165, 1.54) is 16.7 Å². The molecule has 7 rings (SSSR count). The Labute approximate surface area is 250 Å². The second-order valence-electron chi connectivity index (χ2n) is 11.5. The lowest BCUT2D eigenvalue weighted by Crippen LogP contribution is -2.37. The zero-order valence-electron chi connectivity index (χ0n) is 24.7. The van der Waals surface area contributed by atoms with Crippen LogP contribution in [0.3, 0.4) is 0 Å². The van der Waals surface area contributed by atoms with E-state index in [4.69, 9.17) is 10.1 Å². The van der Waals surface area contributed by atoms with E-state index < -0.39 is 0 Å². The van der Waals surface area contributed by atoms with Gasteiger partial charge in [0.05, 0.1) is 35.5 Å². The van der Waals surface area contributed by atoms with Crippen molar-refractivity contribution in [3.8, 4) is 22.4 Å². The fraction of sp³-hybridized carbons (Fsp3) is 0.303. The smallest absolute Gasteiger partial charge is 0.219 e. The van der Waals surface area contributed by atoms with Crippen LogP contribution in [0.2, 0.25) is 0 Å². The van der Waals surface area contributed by atoms with Crippen molar-refractivity contribution in [3.63, 3.8) is 0 Å². The van der Waals surface area contributed by atoms with Gasteiger partial charge in [0.25, 0.3) is 0 Å². The highest BCUT2D eigenvalue weighted by atomic mass is 16.2. The first-order chi connectivity index (χ1) is 20.9. The van der Waals surface area contributed by atoms with E-state index in [-0.39, 0.29) is 5.91 Å². The predicted molar refractivity (Wildman–Crippen MR) is 168 cm³/mol. The number of hydrogen-bond donors (Lipinski definition) is 1. The second-order valence-corrected chi connectivity index (χ2v) is 11.5. The molecule has 0 spiro atoms. The summed E-state index contributed by atoms with van der Waals surface area (Å²) in [7, 11) is 3.96. The molecule has 3 aliphatic rings. The highest BCUT2D eigenvalue weighted by molar-refractivity contribution is 6.00.